The molecular formula is C16H24ClN3O3S. The molecule has 1 amide bonds. The van der Waals surface area contributed by atoms with Crippen LogP contribution in [0.2, 0.25) is 0 Å². The molecule has 134 valence electrons. The average molecular weight is 374 g/mol. The molecule has 0 saturated carbocycles. The summed E-state index contributed by atoms with van der Waals surface area (Å²) in [5.41, 5.74) is 2.05. The highest BCUT2D eigenvalue weighted by molar-refractivity contribution is 7.93. The first-order valence-corrected chi connectivity index (χ1v) is 9.71. The van der Waals surface area contributed by atoms with Gasteiger partial charge in [0.05, 0.1) is 11.4 Å². The van der Waals surface area contributed by atoms with E-state index in [1.165, 1.54) is 4.31 Å². The summed E-state index contributed by atoms with van der Waals surface area (Å²) in [4.78, 5) is 12.4. The van der Waals surface area contributed by atoms with Gasteiger partial charge in [-0.3, -0.25) is 9.10 Å². The molecule has 2 aliphatic rings. The summed E-state index contributed by atoms with van der Waals surface area (Å²) in [5, 5.41) is 6.32. The molecule has 0 bridgehead atoms. The number of amides is 1. The maximum absolute atomic E-state index is 12.4. The molecule has 1 unspecified atom stereocenters. The third-order valence-corrected chi connectivity index (χ3v) is 6.34. The second-order valence-electron chi connectivity index (χ2n) is 6.26. The average Bonchev–Trinajstić information content (AvgIpc) is 2.87. The Morgan fingerprint density at radius 3 is 2.71 bits per heavy atom. The van der Waals surface area contributed by atoms with Gasteiger partial charge in [0.2, 0.25) is 10.0 Å². The molecule has 2 saturated heterocycles. The molecule has 2 aliphatic heterocycles. The van der Waals surface area contributed by atoms with E-state index in [9.17, 15) is 13.2 Å². The van der Waals surface area contributed by atoms with Crippen LogP contribution in [0.25, 0.3) is 0 Å². The minimum atomic E-state index is -3.19. The smallest absolute Gasteiger partial charge is 0.251 e. The van der Waals surface area contributed by atoms with E-state index in [-0.39, 0.29) is 30.1 Å². The minimum absolute atomic E-state index is 0. The van der Waals surface area contributed by atoms with Crippen LogP contribution in [0.15, 0.2) is 18.2 Å². The number of anilines is 1. The van der Waals surface area contributed by atoms with Gasteiger partial charge >= 0.3 is 0 Å². The van der Waals surface area contributed by atoms with Gasteiger partial charge in [-0.2, -0.15) is 0 Å². The number of halogens is 1. The SMILES string of the molecule is Cc1cc(N2CCCS2(=O)=O)ccc1C(=O)NC1CCCNC1.Cl. The van der Waals surface area contributed by atoms with Crippen molar-refractivity contribution < 1.29 is 13.2 Å². The number of nitrogens with zero attached hydrogens (tertiary/aromatic N) is 1. The Kier molecular flexibility index (Phi) is 6.11. The van der Waals surface area contributed by atoms with Crippen molar-refractivity contribution in [2.75, 3.05) is 29.7 Å². The molecule has 1 aromatic rings. The predicted molar refractivity (Wildman–Crippen MR) is 97.5 cm³/mol. The summed E-state index contributed by atoms with van der Waals surface area (Å²) < 4.78 is 25.4. The van der Waals surface area contributed by atoms with Gasteiger partial charge in [-0.05, 0) is 56.5 Å². The quantitative estimate of drug-likeness (QED) is 0.840. The van der Waals surface area contributed by atoms with Crippen molar-refractivity contribution >= 4 is 34.0 Å². The number of carbonyl (C=O) groups excluding carboxylic acids is 1. The molecule has 2 N–H and O–H groups in total. The Morgan fingerprint density at radius 1 is 1.33 bits per heavy atom. The largest absolute Gasteiger partial charge is 0.348 e. The molecule has 6 nitrogen and oxygen atoms in total. The lowest BCUT2D eigenvalue weighted by Crippen LogP contribution is -2.45. The van der Waals surface area contributed by atoms with E-state index in [2.05, 4.69) is 10.6 Å². The molecule has 8 heteroatoms. The Morgan fingerprint density at radius 2 is 2.12 bits per heavy atom. The van der Waals surface area contributed by atoms with E-state index in [0.717, 1.165) is 31.5 Å². The van der Waals surface area contributed by atoms with E-state index in [1.54, 1.807) is 18.2 Å². The van der Waals surface area contributed by atoms with E-state index < -0.39 is 10.0 Å². The van der Waals surface area contributed by atoms with Crippen LogP contribution in [0.1, 0.15) is 35.2 Å². The number of benzene rings is 1. The Balaban J connectivity index is 0.00000208. The third kappa shape index (κ3) is 4.02. The Hall–Kier alpha value is -1.31. The van der Waals surface area contributed by atoms with Crippen molar-refractivity contribution in [3.05, 3.63) is 29.3 Å². The van der Waals surface area contributed by atoms with E-state index in [1.807, 2.05) is 6.92 Å². The molecule has 3 rings (SSSR count). The monoisotopic (exact) mass is 373 g/mol. The van der Waals surface area contributed by atoms with Crippen LogP contribution >= 0.6 is 12.4 Å². The number of piperidine rings is 1. The van der Waals surface area contributed by atoms with Crippen molar-refractivity contribution in [1.29, 1.82) is 0 Å². The minimum Gasteiger partial charge on any atom is -0.348 e. The number of nitrogens with one attached hydrogen (secondary N) is 2. The van der Waals surface area contributed by atoms with E-state index >= 15 is 0 Å². The van der Waals surface area contributed by atoms with Crippen LogP contribution in [0.5, 0.6) is 0 Å². The first-order chi connectivity index (χ1) is 11.0. The zero-order valence-electron chi connectivity index (χ0n) is 13.7. The van der Waals surface area contributed by atoms with Gasteiger partial charge in [-0.25, -0.2) is 8.42 Å². The van der Waals surface area contributed by atoms with Crippen molar-refractivity contribution in [1.82, 2.24) is 10.6 Å². The molecule has 0 spiro atoms. The maximum atomic E-state index is 12.4. The Labute approximate surface area is 149 Å². The highest BCUT2D eigenvalue weighted by Gasteiger charge is 2.29. The number of hydrogen-bond donors (Lipinski definition) is 2. The van der Waals surface area contributed by atoms with Crippen LogP contribution in [0.4, 0.5) is 5.69 Å². The molecule has 2 fully saturated rings. The number of rotatable bonds is 3. The highest BCUT2D eigenvalue weighted by Crippen LogP contribution is 2.26. The standard InChI is InChI=1S/C16H23N3O3S.ClH/c1-12-10-14(19-8-3-9-23(19,21)22)5-6-15(12)16(20)18-13-4-2-7-17-11-13;/h5-6,10,13,17H,2-4,7-9,11H2,1H3,(H,18,20);1H. The lowest BCUT2D eigenvalue weighted by molar-refractivity contribution is 0.0930. The second kappa shape index (κ2) is 7.72. The van der Waals surface area contributed by atoms with Crippen LogP contribution in [0.3, 0.4) is 0 Å². The lowest BCUT2D eigenvalue weighted by atomic mass is 10.0. The molecule has 2 heterocycles. The zero-order valence-corrected chi connectivity index (χ0v) is 15.4. The number of aryl methyl sites for hydroxylation is 1. The summed E-state index contributed by atoms with van der Waals surface area (Å²) in [6.07, 6.45) is 2.70. The molecule has 0 aromatic heterocycles. The van der Waals surface area contributed by atoms with Crippen LogP contribution in [-0.4, -0.2) is 45.8 Å². The van der Waals surface area contributed by atoms with Gasteiger partial charge in [0.15, 0.2) is 0 Å². The van der Waals surface area contributed by atoms with E-state index in [4.69, 9.17) is 0 Å². The summed E-state index contributed by atoms with van der Waals surface area (Å²) >= 11 is 0. The van der Waals surface area contributed by atoms with Gasteiger partial charge in [0.1, 0.15) is 0 Å². The van der Waals surface area contributed by atoms with Gasteiger partial charge < -0.3 is 10.6 Å². The molecule has 1 atom stereocenters. The molecule has 0 aliphatic carbocycles. The Bertz CT molecular complexity index is 703. The van der Waals surface area contributed by atoms with Gasteiger partial charge in [-0.1, -0.05) is 0 Å². The van der Waals surface area contributed by atoms with Crippen molar-refractivity contribution in [2.24, 2.45) is 0 Å². The molecule has 0 radical (unpaired) electrons. The summed E-state index contributed by atoms with van der Waals surface area (Å²) in [6, 6.07) is 5.40. The summed E-state index contributed by atoms with van der Waals surface area (Å²) in [5.74, 6) is 0.107. The van der Waals surface area contributed by atoms with Crippen molar-refractivity contribution in [3.8, 4) is 0 Å². The molecule has 1 aromatic carbocycles. The fraction of sp³-hybridized carbons (Fsp3) is 0.562. The first-order valence-electron chi connectivity index (χ1n) is 8.10. The molecule has 24 heavy (non-hydrogen) atoms. The second-order valence-corrected chi connectivity index (χ2v) is 8.27. The van der Waals surface area contributed by atoms with E-state index in [0.29, 0.717) is 24.2 Å². The molecular weight excluding hydrogens is 350 g/mol. The number of carbonyl (C=O) groups is 1. The predicted octanol–water partition coefficient (Wildman–Crippen LogP) is 1.44. The van der Waals surface area contributed by atoms with Gasteiger partial charge in [0, 0.05) is 24.7 Å². The van der Waals surface area contributed by atoms with Gasteiger partial charge in [0.25, 0.3) is 5.91 Å². The summed E-state index contributed by atoms with van der Waals surface area (Å²) in [7, 11) is -3.19. The lowest BCUT2D eigenvalue weighted by Gasteiger charge is -2.24. The zero-order chi connectivity index (χ0) is 16.4. The fourth-order valence-electron chi connectivity index (χ4n) is 3.23. The third-order valence-electron chi connectivity index (χ3n) is 4.47. The number of hydrogen-bond acceptors (Lipinski definition) is 4. The fourth-order valence-corrected chi connectivity index (χ4v) is 4.78. The maximum Gasteiger partial charge on any atom is 0.251 e. The highest BCUT2D eigenvalue weighted by atomic mass is 35.5. The first kappa shape index (κ1) is 19.0. The number of sulfonamides is 1. The van der Waals surface area contributed by atoms with Crippen LogP contribution in [-0.2, 0) is 10.0 Å². The van der Waals surface area contributed by atoms with Crippen molar-refractivity contribution in [3.63, 3.8) is 0 Å². The summed E-state index contributed by atoms with van der Waals surface area (Å²) in [6.45, 7) is 4.17. The van der Waals surface area contributed by atoms with Crippen LogP contribution in [0, 0.1) is 6.92 Å². The normalized spacial score (nSPS) is 22.7. The van der Waals surface area contributed by atoms with Crippen LogP contribution < -0.4 is 14.9 Å². The topological polar surface area (TPSA) is 78.5 Å². The van der Waals surface area contributed by atoms with Crippen molar-refractivity contribution in [2.45, 2.75) is 32.2 Å². The van der Waals surface area contributed by atoms with Gasteiger partial charge in [-0.15, -0.1) is 12.4 Å².